The van der Waals surface area contributed by atoms with E-state index in [0.29, 0.717) is 17.7 Å². The minimum Gasteiger partial charge on any atom is -0.439 e. The average molecular weight is 276 g/mol. The molecule has 0 saturated heterocycles. The van der Waals surface area contributed by atoms with E-state index in [0.717, 1.165) is 17.0 Å². The normalized spacial score (nSPS) is 10.8. The number of benzene rings is 1. The van der Waals surface area contributed by atoms with Gasteiger partial charge in [0.1, 0.15) is 5.75 Å². The third kappa shape index (κ3) is 3.71. The van der Waals surface area contributed by atoms with Crippen LogP contribution in [-0.4, -0.2) is 4.98 Å². The second-order valence-electron chi connectivity index (χ2n) is 4.94. The highest BCUT2D eigenvalue weighted by Gasteiger charge is 2.07. The Morgan fingerprint density at radius 3 is 2.42 bits per heavy atom. The van der Waals surface area contributed by atoms with E-state index in [1.807, 2.05) is 43.3 Å². The Morgan fingerprint density at radius 2 is 1.84 bits per heavy atom. The van der Waals surface area contributed by atoms with Gasteiger partial charge in [0, 0.05) is 17.6 Å². The lowest BCUT2D eigenvalue weighted by Gasteiger charge is -2.11. The van der Waals surface area contributed by atoms with Crippen molar-refractivity contribution in [3.05, 3.63) is 53.2 Å². The largest absolute Gasteiger partial charge is 0.439 e. The molecule has 0 atom stereocenters. The van der Waals surface area contributed by atoms with Crippen LogP contribution in [0.15, 0.2) is 36.4 Å². The van der Waals surface area contributed by atoms with Crippen molar-refractivity contribution in [1.29, 1.82) is 0 Å². The predicted molar refractivity (Wildman–Crippen MR) is 79.1 cm³/mol. The van der Waals surface area contributed by atoms with Gasteiger partial charge in [0.15, 0.2) is 0 Å². The monoisotopic (exact) mass is 275 g/mol. The van der Waals surface area contributed by atoms with E-state index in [4.69, 9.17) is 16.3 Å². The molecule has 100 valence electrons. The molecular formula is C16H18ClNO. The molecule has 0 spiro atoms. The maximum Gasteiger partial charge on any atom is 0.219 e. The van der Waals surface area contributed by atoms with Gasteiger partial charge in [-0.2, -0.15) is 0 Å². The lowest BCUT2D eigenvalue weighted by atomic mass is 10.1. The van der Waals surface area contributed by atoms with Crippen LogP contribution < -0.4 is 4.74 Å². The fourth-order valence-corrected chi connectivity index (χ4v) is 1.89. The first-order valence-electron chi connectivity index (χ1n) is 6.40. The number of halogens is 1. The molecule has 0 bridgehead atoms. The van der Waals surface area contributed by atoms with Crippen molar-refractivity contribution in [2.75, 3.05) is 0 Å². The van der Waals surface area contributed by atoms with Crippen LogP contribution in [0.4, 0.5) is 0 Å². The molecule has 0 fully saturated rings. The maximum absolute atomic E-state index is 5.92. The summed E-state index contributed by atoms with van der Waals surface area (Å²) in [6.45, 7) is 6.26. The zero-order valence-electron chi connectivity index (χ0n) is 11.5. The summed E-state index contributed by atoms with van der Waals surface area (Å²) in [4.78, 5) is 4.52. The number of aromatic nitrogens is 1. The molecule has 0 aliphatic carbocycles. The van der Waals surface area contributed by atoms with Crippen LogP contribution in [0.1, 0.15) is 36.6 Å². The molecule has 2 rings (SSSR count). The maximum atomic E-state index is 5.92. The Labute approximate surface area is 119 Å². The van der Waals surface area contributed by atoms with E-state index in [1.54, 1.807) is 0 Å². The zero-order valence-corrected chi connectivity index (χ0v) is 12.2. The van der Waals surface area contributed by atoms with Gasteiger partial charge in [-0.25, -0.2) is 4.98 Å². The molecule has 0 saturated carbocycles. The molecule has 3 heteroatoms. The van der Waals surface area contributed by atoms with Gasteiger partial charge < -0.3 is 4.74 Å². The fraction of sp³-hybridized carbons (Fsp3) is 0.312. The van der Waals surface area contributed by atoms with E-state index in [2.05, 4.69) is 18.8 Å². The molecule has 0 unspecified atom stereocenters. The van der Waals surface area contributed by atoms with E-state index in [-0.39, 0.29) is 0 Å². The van der Waals surface area contributed by atoms with Crippen LogP contribution in [0.3, 0.4) is 0 Å². The SMILES string of the molecule is Cc1ccc(Oc2cc(CCl)cc(C(C)C)n2)cc1. The summed E-state index contributed by atoms with van der Waals surface area (Å²) in [6.07, 6.45) is 0. The van der Waals surface area contributed by atoms with Crippen molar-refractivity contribution < 1.29 is 4.74 Å². The minimum atomic E-state index is 0.350. The second kappa shape index (κ2) is 6.07. The Kier molecular flexibility index (Phi) is 4.43. The molecule has 1 aromatic heterocycles. The minimum absolute atomic E-state index is 0.350. The van der Waals surface area contributed by atoms with Crippen LogP contribution in [0.5, 0.6) is 11.6 Å². The van der Waals surface area contributed by atoms with Crippen LogP contribution in [0.2, 0.25) is 0 Å². The topological polar surface area (TPSA) is 22.1 Å². The highest BCUT2D eigenvalue weighted by molar-refractivity contribution is 6.17. The first-order chi connectivity index (χ1) is 9.08. The lowest BCUT2D eigenvalue weighted by molar-refractivity contribution is 0.459. The molecule has 0 aliphatic rings. The van der Waals surface area contributed by atoms with Gasteiger partial charge in [-0.1, -0.05) is 31.5 Å². The summed E-state index contributed by atoms with van der Waals surface area (Å²) in [5.41, 5.74) is 3.24. The molecule has 0 aliphatic heterocycles. The van der Waals surface area contributed by atoms with Gasteiger partial charge in [0.05, 0.1) is 0 Å². The second-order valence-corrected chi connectivity index (χ2v) is 5.21. The zero-order chi connectivity index (χ0) is 13.8. The van der Waals surface area contributed by atoms with Gasteiger partial charge in [0.2, 0.25) is 5.88 Å². The van der Waals surface area contributed by atoms with E-state index in [1.165, 1.54) is 5.56 Å². The summed E-state index contributed by atoms with van der Waals surface area (Å²) < 4.78 is 5.80. The molecule has 1 heterocycles. The third-order valence-electron chi connectivity index (χ3n) is 2.87. The van der Waals surface area contributed by atoms with Crippen molar-refractivity contribution >= 4 is 11.6 Å². The summed E-state index contributed by atoms with van der Waals surface area (Å²) in [5, 5.41) is 0. The molecule has 2 aromatic rings. The number of alkyl halides is 1. The van der Waals surface area contributed by atoms with Gasteiger partial charge in [-0.3, -0.25) is 0 Å². The third-order valence-corrected chi connectivity index (χ3v) is 3.18. The number of ether oxygens (including phenoxy) is 1. The van der Waals surface area contributed by atoms with Crippen LogP contribution in [0, 0.1) is 6.92 Å². The number of pyridine rings is 1. The van der Waals surface area contributed by atoms with Gasteiger partial charge in [0.25, 0.3) is 0 Å². The summed E-state index contributed by atoms with van der Waals surface area (Å²) in [5.74, 6) is 2.21. The first kappa shape index (κ1) is 13.9. The first-order valence-corrected chi connectivity index (χ1v) is 6.93. The summed E-state index contributed by atoms with van der Waals surface area (Å²) in [6, 6.07) is 11.8. The van der Waals surface area contributed by atoms with Crippen molar-refractivity contribution in [1.82, 2.24) is 4.98 Å². The Bertz CT molecular complexity index is 549. The van der Waals surface area contributed by atoms with Crippen LogP contribution in [0.25, 0.3) is 0 Å². The number of hydrogen-bond donors (Lipinski definition) is 0. The van der Waals surface area contributed by atoms with Crippen molar-refractivity contribution in [2.24, 2.45) is 0 Å². The highest BCUT2D eigenvalue weighted by Crippen LogP contribution is 2.24. The van der Waals surface area contributed by atoms with Crippen molar-refractivity contribution in [2.45, 2.75) is 32.6 Å². The van der Waals surface area contributed by atoms with E-state index in [9.17, 15) is 0 Å². The Balaban J connectivity index is 2.28. The van der Waals surface area contributed by atoms with E-state index < -0.39 is 0 Å². The summed E-state index contributed by atoms with van der Waals surface area (Å²) >= 11 is 5.92. The molecule has 0 amide bonds. The number of hydrogen-bond acceptors (Lipinski definition) is 2. The van der Waals surface area contributed by atoms with Crippen LogP contribution in [-0.2, 0) is 5.88 Å². The standard InChI is InChI=1S/C16H18ClNO/c1-11(2)15-8-13(10-17)9-16(18-15)19-14-6-4-12(3)5-7-14/h4-9,11H,10H2,1-3H3. The molecule has 19 heavy (non-hydrogen) atoms. The fourth-order valence-electron chi connectivity index (χ4n) is 1.73. The smallest absolute Gasteiger partial charge is 0.219 e. The lowest BCUT2D eigenvalue weighted by Crippen LogP contribution is -1.97. The number of rotatable bonds is 4. The van der Waals surface area contributed by atoms with Crippen molar-refractivity contribution in [3.63, 3.8) is 0 Å². The van der Waals surface area contributed by atoms with E-state index >= 15 is 0 Å². The van der Waals surface area contributed by atoms with Crippen molar-refractivity contribution in [3.8, 4) is 11.6 Å². The molecule has 1 aromatic carbocycles. The Hall–Kier alpha value is -1.54. The average Bonchev–Trinajstić information content (AvgIpc) is 2.41. The number of nitrogens with zero attached hydrogens (tertiary/aromatic N) is 1. The van der Waals surface area contributed by atoms with Gasteiger partial charge in [-0.05, 0) is 36.6 Å². The van der Waals surface area contributed by atoms with Gasteiger partial charge >= 0.3 is 0 Å². The Morgan fingerprint density at radius 1 is 1.16 bits per heavy atom. The van der Waals surface area contributed by atoms with Crippen LogP contribution >= 0.6 is 11.6 Å². The molecule has 0 N–H and O–H groups in total. The molecular weight excluding hydrogens is 258 g/mol. The predicted octanol–water partition coefficient (Wildman–Crippen LogP) is 5.04. The molecule has 0 radical (unpaired) electrons. The highest BCUT2D eigenvalue weighted by atomic mass is 35.5. The molecule has 2 nitrogen and oxygen atoms in total. The quantitative estimate of drug-likeness (QED) is 0.729. The summed E-state index contributed by atoms with van der Waals surface area (Å²) in [7, 11) is 0. The number of aryl methyl sites for hydroxylation is 1. The van der Waals surface area contributed by atoms with Gasteiger partial charge in [-0.15, -0.1) is 11.6 Å².